The molecule has 0 saturated carbocycles. The Morgan fingerprint density at radius 3 is 2.75 bits per heavy atom. The highest BCUT2D eigenvalue weighted by Gasteiger charge is 2.10. The third kappa shape index (κ3) is 3.71. The van der Waals surface area contributed by atoms with Gasteiger partial charge in [-0.3, -0.25) is 4.98 Å². The molecule has 0 aliphatic rings. The lowest BCUT2D eigenvalue weighted by atomic mass is 10.1. The molecule has 0 spiro atoms. The molecule has 1 heterocycles. The summed E-state index contributed by atoms with van der Waals surface area (Å²) < 4.78 is 12.0. The van der Waals surface area contributed by atoms with E-state index in [-0.39, 0.29) is 6.04 Å². The first-order valence-electron chi connectivity index (χ1n) is 6.26. The molecule has 1 aromatic carbocycles. The van der Waals surface area contributed by atoms with Crippen LogP contribution < -0.4 is 15.2 Å². The number of nitrogens with zero attached hydrogens (tertiary/aromatic N) is 1. The van der Waals surface area contributed by atoms with E-state index in [9.17, 15) is 0 Å². The van der Waals surface area contributed by atoms with Crippen LogP contribution in [0, 0.1) is 0 Å². The molecule has 0 aliphatic heterocycles. The van der Waals surface area contributed by atoms with Gasteiger partial charge in [0.25, 0.3) is 0 Å². The topological polar surface area (TPSA) is 57.4 Å². The molecule has 2 rings (SSSR count). The Hall–Kier alpha value is -1.59. The summed E-state index contributed by atoms with van der Waals surface area (Å²) in [6.45, 7) is 2.36. The maximum Gasteiger partial charge on any atom is 0.128 e. The van der Waals surface area contributed by atoms with Crippen LogP contribution in [0.2, 0.25) is 0 Å². The van der Waals surface area contributed by atoms with Gasteiger partial charge < -0.3 is 15.2 Å². The fourth-order valence-electron chi connectivity index (χ4n) is 1.84. The number of halogens is 1. The van der Waals surface area contributed by atoms with E-state index in [1.54, 1.807) is 19.5 Å². The third-order valence-electron chi connectivity index (χ3n) is 2.87. The van der Waals surface area contributed by atoms with Gasteiger partial charge in [0.1, 0.15) is 18.1 Å². The number of methoxy groups -OCH3 is 1. The molecule has 0 radical (unpaired) electrons. The summed E-state index contributed by atoms with van der Waals surface area (Å²) in [7, 11) is 1.63. The summed E-state index contributed by atoms with van der Waals surface area (Å²) in [4.78, 5) is 4.11. The van der Waals surface area contributed by atoms with Gasteiger partial charge >= 0.3 is 0 Å². The van der Waals surface area contributed by atoms with Gasteiger partial charge in [-0.15, -0.1) is 0 Å². The number of pyridine rings is 1. The molecule has 4 nitrogen and oxygen atoms in total. The molecular weight excluding hydrogens is 320 g/mol. The van der Waals surface area contributed by atoms with Gasteiger partial charge in [-0.1, -0.05) is 6.07 Å². The SMILES string of the molecule is COc1ccc([C@H](C)N)c(OCc2cncc(Br)c2)c1. The maximum atomic E-state index is 5.96. The number of nitrogens with two attached hydrogens (primary N) is 1. The Balaban J connectivity index is 2.19. The summed E-state index contributed by atoms with van der Waals surface area (Å²) in [5.41, 5.74) is 7.90. The Morgan fingerprint density at radius 1 is 1.30 bits per heavy atom. The van der Waals surface area contributed by atoms with E-state index < -0.39 is 0 Å². The largest absolute Gasteiger partial charge is 0.497 e. The monoisotopic (exact) mass is 336 g/mol. The summed E-state index contributed by atoms with van der Waals surface area (Å²) in [6, 6.07) is 7.53. The van der Waals surface area contributed by atoms with Gasteiger partial charge in [0.15, 0.2) is 0 Å². The zero-order valence-electron chi connectivity index (χ0n) is 11.5. The first kappa shape index (κ1) is 14.8. The lowest BCUT2D eigenvalue weighted by Gasteiger charge is -2.15. The van der Waals surface area contributed by atoms with Gasteiger partial charge in [0.2, 0.25) is 0 Å². The summed E-state index contributed by atoms with van der Waals surface area (Å²) in [5.74, 6) is 1.48. The zero-order chi connectivity index (χ0) is 14.5. The molecule has 0 saturated heterocycles. The molecular formula is C15H17BrN2O2. The fourth-order valence-corrected chi connectivity index (χ4v) is 2.25. The number of hydrogen-bond acceptors (Lipinski definition) is 4. The number of ether oxygens (including phenoxy) is 2. The Bertz CT molecular complexity index is 588. The van der Waals surface area contributed by atoms with Crippen LogP contribution in [-0.4, -0.2) is 12.1 Å². The molecule has 0 fully saturated rings. The Labute approximate surface area is 127 Å². The van der Waals surface area contributed by atoms with Crippen molar-refractivity contribution >= 4 is 15.9 Å². The molecule has 106 valence electrons. The van der Waals surface area contributed by atoms with Gasteiger partial charge in [-0.05, 0) is 35.0 Å². The van der Waals surface area contributed by atoms with E-state index >= 15 is 0 Å². The number of hydrogen-bond donors (Lipinski definition) is 1. The van der Waals surface area contributed by atoms with Crippen LogP contribution in [0.25, 0.3) is 0 Å². The molecule has 1 aromatic heterocycles. The summed E-state index contributed by atoms with van der Waals surface area (Å²) >= 11 is 3.39. The third-order valence-corrected chi connectivity index (χ3v) is 3.30. The van der Waals surface area contributed by atoms with Crippen molar-refractivity contribution in [2.75, 3.05) is 7.11 Å². The van der Waals surface area contributed by atoms with E-state index in [1.807, 2.05) is 31.2 Å². The van der Waals surface area contributed by atoms with Crippen molar-refractivity contribution in [2.24, 2.45) is 5.73 Å². The highest BCUT2D eigenvalue weighted by molar-refractivity contribution is 9.10. The second-order valence-electron chi connectivity index (χ2n) is 4.49. The normalized spacial score (nSPS) is 12.0. The Kier molecular flexibility index (Phi) is 4.98. The summed E-state index contributed by atoms with van der Waals surface area (Å²) in [5, 5.41) is 0. The molecule has 0 amide bonds. The van der Waals surface area contributed by atoms with Crippen molar-refractivity contribution < 1.29 is 9.47 Å². The van der Waals surface area contributed by atoms with Crippen LogP contribution in [0.15, 0.2) is 41.1 Å². The predicted octanol–water partition coefficient (Wildman–Crippen LogP) is 3.45. The standard InChI is InChI=1S/C15H17BrN2O2/c1-10(17)14-4-3-13(19-2)6-15(14)20-9-11-5-12(16)8-18-7-11/h3-8,10H,9,17H2,1-2H3/t10-/m0/s1. The Morgan fingerprint density at radius 2 is 2.10 bits per heavy atom. The first-order chi connectivity index (χ1) is 9.60. The van der Waals surface area contributed by atoms with E-state index in [0.717, 1.165) is 27.1 Å². The lowest BCUT2D eigenvalue weighted by Crippen LogP contribution is -2.08. The number of rotatable bonds is 5. The van der Waals surface area contributed by atoms with Crippen molar-refractivity contribution in [1.29, 1.82) is 0 Å². The minimum Gasteiger partial charge on any atom is -0.497 e. The molecule has 5 heteroatoms. The lowest BCUT2D eigenvalue weighted by molar-refractivity contribution is 0.298. The second-order valence-corrected chi connectivity index (χ2v) is 5.41. The smallest absolute Gasteiger partial charge is 0.128 e. The van der Waals surface area contributed by atoms with Crippen LogP contribution in [0.3, 0.4) is 0 Å². The molecule has 0 unspecified atom stereocenters. The van der Waals surface area contributed by atoms with Gasteiger partial charge in [0, 0.05) is 40.1 Å². The molecule has 0 aliphatic carbocycles. The minimum atomic E-state index is -0.100. The molecule has 2 aromatic rings. The molecule has 0 bridgehead atoms. The average molecular weight is 337 g/mol. The van der Waals surface area contributed by atoms with Crippen molar-refractivity contribution in [3.05, 3.63) is 52.3 Å². The molecule has 2 N–H and O–H groups in total. The second kappa shape index (κ2) is 6.72. The van der Waals surface area contributed by atoms with Gasteiger partial charge in [-0.2, -0.15) is 0 Å². The minimum absolute atomic E-state index is 0.100. The van der Waals surface area contributed by atoms with E-state index in [2.05, 4.69) is 20.9 Å². The first-order valence-corrected chi connectivity index (χ1v) is 7.05. The van der Waals surface area contributed by atoms with Crippen molar-refractivity contribution in [3.63, 3.8) is 0 Å². The average Bonchev–Trinajstić information content (AvgIpc) is 2.44. The quantitative estimate of drug-likeness (QED) is 0.908. The van der Waals surface area contributed by atoms with Gasteiger partial charge in [0.05, 0.1) is 7.11 Å². The van der Waals surface area contributed by atoms with E-state index in [0.29, 0.717) is 6.61 Å². The van der Waals surface area contributed by atoms with Gasteiger partial charge in [-0.25, -0.2) is 0 Å². The van der Waals surface area contributed by atoms with Crippen LogP contribution in [0.4, 0.5) is 0 Å². The maximum absolute atomic E-state index is 5.96. The zero-order valence-corrected chi connectivity index (χ0v) is 13.1. The van der Waals surface area contributed by atoms with Crippen LogP contribution in [0.5, 0.6) is 11.5 Å². The molecule has 1 atom stereocenters. The highest BCUT2D eigenvalue weighted by Crippen LogP contribution is 2.29. The van der Waals surface area contributed by atoms with Crippen molar-refractivity contribution in [2.45, 2.75) is 19.6 Å². The van der Waals surface area contributed by atoms with Crippen LogP contribution in [-0.2, 0) is 6.61 Å². The number of benzene rings is 1. The highest BCUT2D eigenvalue weighted by atomic mass is 79.9. The predicted molar refractivity (Wildman–Crippen MR) is 81.9 cm³/mol. The summed E-state index contributed by atoms with van der Waals surface area (Å²) in [6.07, 6.45) is 3.51. The fraction of sp³-hybridized carbons (Fsp3) is 0.267. The van der Waals surface area contributed by atoms with Crippen LogP contribution in [0.1, 0.15) is 24.1 Å². The van der Waals surface area contributed by atoms with Crippen LogP contribution >= 0.6 is 15.9 Å². The number of aromatic nitrogens is 1. The van der Waals surface area contributed by atoms with Crippen molar-refractivity contribution in [1.82, 2.24) is 4.98 Å². The molecule has 20 heavy (non-hydrogen) atoms. The van der Waals surface area contributed by atoms with Crippen molar-refractivity contribution in [3.8, 4) is 11.5 Å². The van der Waals surface area contributed by atoms with E-state index in [4.69, 9.17) is 15.2 Å². The van der Waals surface area contributed by atoms with E-state index in [1.165, 1.54) is 0 Å².